The number of thiazole rings is 1. The lowest BCUT2D eigenvalue weighted by atomic mass is 9.93. The van der Waals surface area contributed by atoms with Gasteiger partial charge in [-0.2, -0.15) is 20.4 Å². The zero-order valence-corrected chi connectivity index (χ0v) is 20.9. The Morgan fingerprint density at radius 2 is 2.17 bits per heavy atom. The van der Waals surface area contributed by atoms with Crippen molar-refractivity contribution in [3.8, 4) is 6.19 Å². The molecule has 2 fully saturated rings. The molecule has 1 unspecified atom stereocenters. The molecule has 4 rings (SSSR count). The second-order valence-electron chi connectivity index (χ2n) is 9.28. The molecule has 1 aromatic rings. The van der Waals surface area contributed by atoms with Gasteiger partial charge in [0.2, 0.25) is 6.19 Å². The molecule has 0 aromatic carbocycles. The highest BCUT2D eigenvalue weighted by Gasteiger charge is 2.44. The number of hydrogen-bond acceptors (Lipinski definition) is 12. The standard InChI is InChI=1S/C22H30N8O4S/c1-4-34-20(31)16-9-25-18(19-24-5-8-35-19)26-17(16)12-27-6-7-29-15(10-27)11-28(30(29)14-23)13-22(2,3)21(32)33/h5,8,15H,4,6-7,9-13H2,1-3H3,(H,25,26)(H,32,33). The van der Waals surface area contributed by atoms with E-state index in [1.807, 2.05) is 10.4 Å². The maximum Gasteiger partial charge on any atom is 0.337 e. The number of esters is 1. The van der Waals surface area contributed by atoms with E-state index in [9.17, 15) is 20.0 Å². The molecule has 2 N–H and O–H groups in total. The first-order valence-corrected chi connectivity index (χ1v) is 12.4. The molecule has 0 bridgehead atoms. The molecular formula is C22H30N8O4S. The largest absolute Gasteiger partial charge is 0.481 e. The first kappa shape index (κ1) is 25.1. The van der Waals surface area contributed by atoms with Crippen molar-refractivity contribution in [2.24, 2.45) is 10.4 Å². The molecule has 3 aliphatic rings. The minimum Gasteiger partial charge on any atom is -0.481 e. The average molecular weight is 503 g/mol. The van der Waals surface area contributed by atoms with E-state index in [4.69, 9.17) is 4.74 Å². The first-order chi connectivity index (χ1) is 16.7. The SMILES string of the molecule is CCOC(=O)C1=C(CN2CCN3C(C2)CN(CC(C)(C)C(=O)O)N3C#N)NC(c2nccs2)=NC1. The lowest BCUT2D eigenvalue weighted by Crippen LogP contribution is -2.55. The van der Waals surface area contributed by atoms with Crippen molar-refractivity contribution >= 4 is 29.1 Å². The van der Waals surface area contributed by atoms with Crippen molar-refractivity contribution in [1.29, 1.82) is 5.26 Å². The third kappa shape index (κ3) is 5.30. The van der Waals surface area contributed by atoms with Crippen LogP contribution in [0.5, 0.6) is 0 Å². The Bertz CT molecular complexity index is 1060. The minimum absolute atomic E-state index is 0.0235. The summed E-state index contributed by atoms with van der Waals surface area (Å²) in [7, 11) is 0. The van der Waals surface area contributed by atoms with Gasteiger partial charge < -0.3 is 15.2 Å². The number of carboxylic acids is 1. The highest BCUT2D eigenvalue weighted by atomic mass is 32.1. The van der Waals surface area contributed by atoms with Crippen molar-refractivity contribution in [2.75, 3.05) is 52.4 Å². The summed E-state index contributed by atoms with van der Waals surface area (Å²) < 4.78 is 5.26. The Kier molecular flexibility index (Phi) is 7.36. The van der Waals surface area contributed by atoms with E-state index >= 15 is 0 Å². The molecule has 1 aromatic heterocycles. The molecule has 35 heavy (non-hydrogen) atoms. The number of aromatic nitrogens is 1. The predicted molar refractivity (Wildman–Crippen MR) is 128 cm³/mol. The van der Waals surface area contributed by atoms with Crippen LogP contribution in [0, 0.1) is 16.9 Å². The summed E-state index contributed by atoms with van der Waals surface area (Å²) in [5.74, 6) is -0.643. The van der Waals surface area contributed by atoms with E-state index in [-0.39, 0.29) is 31.7 Å². The maximum absolute atomic E-state index is 12.6. The number of ether oxygens (including phenoxy) is 1. The number of nitrogens with one attached hydrogen (secondary N) is 1. The molecule has 2 saturated heterocycles. The van der Waals surface area contributed by atoms with Crippen LogP contribution in [0.15, 0.2) is 27.8 Å². The highest BCUT2D eigenvalue weighted by molar-refractivity contribution is 7.11. The Labute approximate surface area is 208 Å². The molecule has 188 valence electrons. The molecule has 1 atom stereocenters. The number of piperazine rings is 1. The molecule has 0 aliphatic carbocycles. The number of carbonyl (C=O) groups is 2. The van der Waals surface area contributed by atoms with Crippen molar-refractivity contribution < 1.29 is 19.4 Å². The van der Waals surface area contributed by atoms with Gasteiger partial charge in [-0.1, -0.05) is 0 Å². The Balaban J connectivity index is 1.47. The molecule has 0 spiro atoms. The van der Waals surface area contributed by atoms with Crippen LogP contribution in [0.1, 0.15) is 25.8 Å². The Morgan fingerprint density at radius 3 is 2.83 bits per heavy atom. The molecule has 13 heteroatoms. The third-order valence-corrected chi connectivity index (χ3v) is 7.06. The summed E-state index contributed by atoms with van der Waals surface area (Å²) in [6, 6.07) is 0.0235. The fraction of sp³-hybridized carbons (Fsp3) is 0.591. The summed E-state index contributed by atoms with van der Waals surface area (Å²) in [6.07, 6.45) is 3.91. The Morgan fingerprint density at radius 1 is 1.37 bits per heavy atom. The van der Waals surface area contributed by atoms with Gasteiger partial charge in [0.25, 0.3) is 0 Å². The third-order valence-electron chi connectivity index (χ3n) is 6.28. The number of aliphatic imine (C=N–C) groups is 1. The number of aliphatic carboxylic acids is 1. The van der Waals surface area contributed by atoms with Crippen LogP contribution in [0.3, 0.4) is 0 Å². The molecule has 0 saturated carbocycles. The molecule has 0 radical (unpaired) electrons. The van der Waals surface area contributed by atoms with Crippen LogP contribution < -0.4 is 5.32 Å². The molecule has 4 heterocycles. The van der Waals surface area contributed by atoms with E-state index in [2.05, 4.69) is 26.4 Å². The fourth-order valence-corrected chi connectivity index (χ4v) is 5.05. The van der Waals surface area contributed by atoms with E-state index in [0.717, 1.165) is 10.7 Å². The van der Waals surface area contributed by atoms with Crippen LogP contribution >= 0.6 is 11.3 Å². The van der Waals surface area contributed by atoms with Gasteiger partial charge in [0.15, 0.2) is 10.8 Å². The topological polar surface area (TPSA) is 138 Å². The number of nitriles is 1. The summed E-state index contributed by atoms with van der Waals surface area (Å²) >= 11 is 1.47. The average Bonchev–Trinajstić information content (AvgIpc) is 3.46. The fourth-order valence-electron chi connectivity index (χ4n) is 4.45. The van der Waals surface area contributed by atoms with Gasteiger partial charge in [-0.25, -0.2) is 9.78 Å². The quantitative estimate of drug-likeness (QED) is 0.376. The van der Waals surface area contributed by atoms with Crippen molar-refractivity contribution in [1.82, 2.24) is 30.3 Å². The number of hydrogen-bond donors (Lipinski definition) is 2. The lowest BCUT2D eigenvalue weighted by molar-refractivity contribution is -0.153. The van der Waals surface area contributed by atoms with E-state index in [0.29, 0.717) is 44.1 Å². The predicted octanol–water partition coefficient (Wildman–Crippen LogP) is 0.336. The zero-order valence-electron chi connectivity index (χ0n) is 20.1. The Hall–Kier alpha value is -3.05. The van der Waals surface area contributed by atoms with Gasteiger partial charge in [-0.3, -0.25) is 14.7 Å². The number of carboxylic acid groups (broad SMARTS) is 1. The van der Waals surface area contributed by atoms with Crippen molar-refractivity contribution in [2.45, 2.75) is 26.8 Å². The molecular weight excluding hydrogens is 472 g/mol. The van der Waals surface area contributed by atoms with Gasteiger partial charge in [0, 0.05) is 56.5 Å². The maximum atomic E-state index is 12.6. The highest BCUT2D eigenvalue weighted by Crippen LogP contribution is 2.27. The second kappa shape index (κ2) is 10.3. The number of carbonyl (C=O) groups excluding carboxylic acids is 1. The van der Waals surface area contributed by atoms with Gasteiger partial charge in [-0.05, 0) is 20.8 Å². The number of fused-ring (bicyclic) bond motifs is 1. The number of rotatable bonds is 8. The number of hydrazine groups is 2. The monoisotopic (exact) mass is 502 g/mol. The van der Waals surface area contributed by atoms with Crippen LogP contribution in [-0.2, 0) is 14.3 Å². The summed E-state index contributed by atoms with van der Waals surface area (Å²) in [5.41, 5.74) is 0.265. The smallest absolute Gasteiger partial charge is 0.337 e. The minimum atomic E-state index is -0.986. The number of amidine groups is 1. The number of nitrogens with zero attached hydrogens (tertiary/aromatic N) is 7. The van der Waals surface area contributed by atoms with Crippen molar-refractivity contribution in [3.63, 3.8) is 0 Å². The molecule has 12 nitrogen and oxygen atoms in total. The second-order valence-corrected chi connectivity index (χ2v) is 10.2. The van der Waals surface area contributed by atoms with E-state index in [1.165, 1.54) is 16.5 Å². The summed E-state index contributed by atoms with van der Waals surface area (Å²) in [4.78, 5) is 35.3. The van der Waals surface area contributed by atoms with Crippen LogP contribution in [0.4, 0.5) is 0 Å². The van der Waals surface area contributed by atoms with Crippen LogP contribution in [-0.4, -0.2) is 106 Å². The van der Waals surface area contributed by atoms with Crippen LogP contribution in [0.2, 0.25) is 0 Å². The molecule has 0 amide bonds. The van der Waals surface area contributed by atoms with Gasteiger partial charge in [-0.15, -0.1) is 11.3 Å². The van der Waals surface area contributed by atoms with E-state index < -0.39 is 11.4 Å². The van der Waals surface area contributed by atoms with Gasteiger partial charge in [0.1, 0.15) is 0 Å². The van der Waals surface area contributed by atoms with Gasteiger partial charge in [0.05, 0.1) is 30.2 Å². The summed E-state index contributed by atoms with van der Waals surface area (Å²) in [6.45, 7) is 8.82. The zero-order chi connectivity index (χ0) is 25.2. The van der Waals surface area contributed by atoms with Gasteiger partial charge >= 0.3 is 11.9 Å². The normalized spacial score (nSPS) is 21.8. The molecule has 3 aliphatic heterocycles. The van der Waals surface area contributed by atoms with Crippen molar-refractivity contribution in [3.05, 3.63) is 27.9 Å². The first-order valence-electron chi connectivity index (χ1n) is 11.5. The lowest BCUT2D eigenvalue weighted by Gasteiger charge is -2.39. The van der Waals surface area contributed by atoms with Crippen LogP contribution in [0.25, 0.3) is 0 Å². The van der Waals surface area contributed by atoms with E-state index in [1.54, 1.807) is 32.0 Å². The summed E-state index contributed by atoms with van der Waals surface area (Å²) in [5, 5.41) is 30.5.